The van der Waals surface area contributed by atoms with Crippen molar-refractivity contribution in [1.82, 2.24) is 24.5 Å². The molecule has 0 aliphatic heterocycles. The average molecular weight is 718 g/mol. The van der Waals surface area contributed by atoms with E-state index < -0.39 is 0 Å². The van der Waals surface area contributed by atoms with Crippen molar-refractivity contribution < 1.29 is 4.42 Å². The Balaban J connectivity index is 1.19. The summed E-state index contributed by atoms with van der Waals surface area (Å²) in [6, 6.07) is 60.7. The van der Waals surface area contributed by atoms with Crippen molar-refractivity contribution in [3.8, 4) is 62.0 Å². The van der Waals surface area contributed by atoms with Crippen LogP contribution in [0, 0.1) is 0 Å². The van der Waals surface area contributed by atoms with Crippen LogP contribution in [0.1, 0.15) is 0 Å². The average Bonchev–Trinajstić information content (AvgIpc) is 3.83. The first-order valence-electron chi connectivity index (χ1n) is 18.6. The van der Waals surface area contributed by atoms with Crippen molar-refractivity contribution >= 4 is 43.9 Å². The third kappa shape index (κ3) is 5.35. The molecule has 0 N–H and O–H groups in total. The number of pyridine rings is 2. The van der Waals surface area contributed by atoms with Crippen molar-refractivity contribution in [2.75, 3.05) is 0 Å². The number of rotatable bonds is 6. The Bertz CT molecular complexity index is 3200. The first-order valence-corrected chi connectivity index (χ1v) is 18.6. The van der Waals surface area contributed by atoms with Gasteiger partial charge in [0.05, 0.1) is 28.1 Å². The van der Waals surface area contributed by atoms with E-state index in [-0.39, 0.29) is 0 Å². The second-order valence-electron chi connectivity index (χ2n) is 13.9. The highest BCUT2D eigenvalue weighted by atomic mass is 16.3. The van der Waals surface area contributed by atoms with Gasteiger partial charge in [0.1, 0.15) is 11.1 Å². The minimum atomic E-state index is 0.631. The van der Waals surface area contributed by atoms with E-state index in [1.54, 1.807) is 0 Å². The lowest BCUT2D eigenvalue weighted by molar-refractivity contribution is 0.669. The molecular formula is C50H31N5O. The van der Waals surface area contributed by atoms with Crippen LogP contribution in [0.15, 0.2) is 193 Å². The van der Waals surface area contributed by atoms with Gasteiger partial charge in [-0.25, -0.2) is 9.97 Å². The Hall–Kier alpha value is -7.70. The molecule has 0 aliphatic rings. The molecule has 0 spiro atoms. The maximum Gasteiger partial charge on any atom is 0.161 e. The second kappa shape index (κ2) is 13.0. The third-order valence-corrected chi connectivity index (χ3v) is 10.5. The van der Waals surface area contributed by atoms with Gasteiger partial charge in [0.15, 0.2) is 11.4 Å². The van der Waals surface area contributed by atoms with Crippen molar-refractivity contribution in [1.29, 1.82) is 0 Å². The summed E-state index contributed by atoms with van der Waals surface area (Å²) in [7, 11) is 0. The largest absolute Gasteiger partial charge is 0.454 e. The van der Waals surface area contributed by atoms with Gasteiger partial charge in [0.25, 0.3) is 0 Å². The predicted octanol–water partition coefficient (Wildman–Crippen LogP) is 12.6. The molecule has 11 rings (SSSR count). The molecule has 0 aliphatic carbocycles. The summed E-state index contributed by atoms with van der Waals surface area (Å²) in [6.07, 6.45) is 3.69. The molecule has 0 fully saturated rings. The van der Waals surface area contributed by atoms with E-state index in [0.717, 1.165) is 89.3 Å². The van der Waals surface area contributed by atoms with Gasteiger partial charge in [-0.2, -0.15) is 0 Å². The second-order valence-corrected chi connectivity index (χ2v) is 13.9. The minimum Gasteiger partial charge on any atom is -0.454 e. The third-order valence-electron chi connectivity index (χ3n) is 10.5. The topological polar surface area (TPSA) is 69.6 Å². The maximum absolute atomic E-state index is 6.56. The van der Waals surface area contributed by atoms with E-state index in [1.807, 2.05) is 79.1 Å². The molecule has 0 atom stereocenters. The molecule has 11 aromatic rings. The highest BCUT2D eigenvalue weighted by Gasteiger charge is 2.19. The van der Waals surface area contributed by atoms with Crippen LogP contribution in [-0.2, 0) is 0 Å². The molecule has 0 saturated carbocycles. The van der Waals surface area contributed by atoms with E-state index in [9.17, 15) is 0 Å². The lowest BCUT2D eigenvalue weighted by Crippen LogP contribution is -1.99. The Morgan fingerprint density at radius 3 is 1.84 bits per heavy atom. The molecule has 0 radical (unpaired) electrons. The standard InChI is InChI=1S/C50H31N5O/c1-2-13-32(14-3-1)43-31-44(54-50(53-43)34-16-12-15-33(27-34)42-20-10-11-25-51-42)36-28-35(38-24-26-52-48-41-19-6-9-23-47(41)56-49(38)48)29-37(30-36)55-45-21-7-4-17-39(45)40-18-5-8-22-46(40)55/h1-31H. The number of hydrogen-bond donors (Lipinski definition) is 0. The SMILES string of the molecule is c1ccc(-c2cc(-c3cc(-c4ccnc5c4oc4ccccc45)cc(-n4c5ccccc5c5ccccc54)c3)nc(-c3cccc(-c4ccccn4)c3)n2)cc1. The molecule has 6 heteroatoms. The monoisotopic (exact) mass is 717 g/mol. The first-order chi connectivity index (χ1) is 27.7. The summed E-state index contributed by atoms with van der Waals surface area (Å²) in [5, 5.41) is 3.38. The first kappa shape index (κ1) is 31.8. The van der Waals surface area contributed by atoms with Gasteiger partial charge in [0.2, 0.25) is 0 Å². The quantitative estimate of drug-likeness (QED) is 0.171. The van der Waals surface area contributed by atoms with Crippen LogP contribution in [0.2, 0.25) is 0 Å². The fraction of sp³-hybridized carbons (Fsp3) is 0. The van der Waals surface area contributed by atoms with Crippen LogP contribution in [0.25, 0.3) is 106 Å². The minimum absolute atomic E-state index is 0.631. The van der Waals surface area contributed by atoms with Crippen LogP contribution in [0.3, 0.4) is 0 Å². The Labute approximate surface area is 322 Å². The van der Waals surface area contributed by atoms with Gasteiger partial charge in [0, 0.05) is 62.1 Å². The van der Waals surface area contributed by atoms with Crippen molar-refractivity contribution in [3.05, 3.63) is 188 Å². The van der Waals surface area contributed by atoms with Gasteiger partial charge in [-0.05, 0) is 78.4 Å². The lowest BCUT2D eigenvalue weighted by atomic mass is 9.98. The number of para-hydroxylation sites is 3. The molecule has 56 heavy (non-hydrogen) atoms. The number of benzene rings is 6. The maximum atomic E-state index is 6.56. The summed E-state index contributed by atoms with van der Waals surface area (Å²) in [5.41, 5.74) is 14.0. The Kier molecular flexibility index (Phi) is 7.38. The van der Waals surface area contributed by atoms with Crippen LogP contribution in [-0.4, -0.2) is 24.5 Å². The van der Waals surface area contributed by atoms with Gasteiger partial charge in [-0.15, -0.1) is 0 Å². The fourth-order valence-corrected chi connectivity index (χ4v) is 7.91. The van der Waals surface area contributed by atoms with Crippen molar-refractivity contribution in [2.45, 2.75) is 0 Å². The number of hydrogen-bond acceptors (Lipinski definition) is 5. The summed E-state index contributed by atoms with van der Waals surface area (Å²) in [5.74, 6) is 0.631. The van der Waals surface area contributed by atoms with Crippen LogP contribution in [0.5, 0.6) is 0 Å². The highest BCUT2D eigenvalue weighted by molar-refractivity contribution is 6.10. The summed E-state index contributed by atoms with van der Waals surface area (Å²) in [6.45, 7) is 0. The Morgan fingerprint density at radius 2 is 1.05 bits per heavy atom. The number of fused-ring (bicyclic) bond motifs is 6. The summed E-state index contributed by atoms with van der Waals surface area (Å²) < 4.78 is 8.91. The van der Waals surface area contributed by atoms with Crippen molar-refractivity contribution in [2.24, 2.45) is 0 Å². The fourth-order valence-electron chi connectivity index (χ4n) is 7.91. The van der Waals surface area contributed by atoms with Gasteiger partial charge in [-0.1, -0.05) is 103 Å². The van der Waals surface area contributed by atoms with Crippen LogP contribution in [0.4, 0.5) is 0 Å². The smallest absolute Gasteiger partial charge is 0.161 e. The zero-order valence-electron chi connectivity index (χ0n) is 30.0. The number of nitrogens with zero attached hydrogens (tertiary/aromatic N) is 5. The van der Waals surface area contributed by atoms with Gasteiger partial charge in [-0.3, -0.25) is 9.97 Å². The molecule has 0 unspecified atom stereocenters. The van der Waals surface area contributed by atoms with E-state index in [1.165, 1.54) is 10.8 Å². The molecule has 262 valence electrons. The molecule has 6 nitrogen and oxygen atoms in total. The predicted molar refractivity (Wildman–Crippen MR) is 226 cm³/mol. The lowest BCUT2D eigenvalue weighted by Gasteiger charge is -2.15. The molecular weight excluding hydrogens is 687 g/mol. The van der Waals surface area contributed by atoms with Crippen molar-refractivity contribution in [3.63, 3.8) is 0 Å². The zero-order chi connectivity index (χ0) is 37.0. The molecule has 5 aromatic heterocycles. The summed E-state index contributed by atoms with van der Waals surface area (Å²) >= 11 is 0. The van der Waals surface area contributed by atoms with Crippen LogP contribution >= 0.6 is 0 Å². The molecule has 6 aromatic carbocycles. The highest BCUT2D eigenvalue weighted by Crippen LogP contribution is 2.40. The molecule has 0 amide bonds. The van der Waals surface area contributed by atoms with Crippen LogP contribution < -0.4 is 0 Å². The van der Waals surface area contributed by atoms with Gasteiger partial charge >= 0.3 is 0 Å². The number of furan rings is 1. The molecule has 5 heterocycles. The summed E-state index contributed by atoms with van der Waals surface area (Å²) in [4.78, 5) is 19.9. The molecule has 0 bridgehead atoms. The van der Waals surface area contributed by atoms with E-state index in [0.29, 0.717) is 5.82 Å². The normalized spacial score (nSPS) is 11.6. The van der Waals surface area contributed by atoms with Gasteiger partial charge < -0.3 is 8.98 Å². The van der Waals surface area contributed by atoms with E-state index >= 15 is 0 Å². The molecule has 0 saturated heterocycles. The Morgan fingerprint density at radius 1 is 0.411 bits per heavy atom. The van der Waals surface area contributed by atoms with E-state index in [4.69, 9.17) is 19.4 Å². The number of aromatic nitrogens is 5. The van der Waals surface area contributed by atoms with E-state index in [2.05, 4.69) is 119 Å². The zero-order valence-corrected chi connectivity index (χ0v) is 30.0.